The predicted molar refractivity (Wildman–Crippen MR) is 84.3 cm³/mol. The molecule has 24 heavy (non-hydrogen) atoms. The third-order valence-electron chi connectivity index (χ3n) is 2.72. The van der Waals surface area contributed by atoms with E-state index in [0.717, 1.165) is 30.0 Å². The van der Waals surface area contributed by atoms with Crippen LogP contribution in [0.4, 0.5) is 8.78 Å². The standard InChI is InChI=1S/C15H18F2N2O4S/c1-3-18-15(22)9(2)19-13(20)7-23-14(21)8-24-12-6-10(16)4-5-11(12)17/h4-6,9H,3,7-8H2,1-2H3,(H,18,22)(H,19,20)/t9-/m1/s1. The van der Waals surface area contributed by atoms with Crippen LogP contribution in [-0.4, -0.2) is 42.7 Å². The van der Waals surface area contributed by atoms with Crippen molar-refractivity contribution in [3.63, 3.8) is 0 Å². The minimum Gasteiger partial charge on any atom is -0.455 e. The summed E-state index contributed by atoms with van der Waals surface area (Å²) in [5, 5.41) is 4.90. The Labute approximate surface area is 142 Å². The molecule has 0 spiro atoms. The Balaban J connectivity index is 2.34. The second-order valence-electron chi connectivity index (χ2n) is 4.71. The predicted octanol–water partition coefficient (Wildman–Crippen LogP) is 1.24. The van der Waals surface area contributed by atoms with Gasteiger partial charge in [0.25, 0.3) is 5.91 Å². The van der Waals surface area contributed by atoms with Gasteiger partial charge in [-0.25, -0.2) is 8.78 Å². The Kier molecular flexibility index (Phi) is 8.17. The zero-order chi connectivity index (χ0) is 18.1. The first-order valence-corrected chi connectivity index (χ1v) is 8.12. The van der Waals surface area contributed by atoms with Crippen molar-refractivity contribution in [2.75, 3.05) is 18.9 Å². The van der Waals surface area contributed by atoms with Crippen LogP contribution in [0.15, 0.2) is 23.1 Å². The van der Waals surface area contributed by atoms with E-state index in [1.165, 1.54) is 6.92 Å². The first-order chi connectivity index (χ1) is 11.3. The van der Waals surface area contributed by atoms with Crippen LogP contribution in [0, 0.1) is 11.6 Å². The van der Waals surface area contributed by atoms with Crippen molar-refractivity contribution in [3.05, 3.63) is 29.8 Å². The van der Waals surface area contributed by atoms with Crippen LogP contribution in [0.25, 0.3) is 0 Å². The van der Waals surface area contributed by atoms with E-state index in [1.54, 1.807) is 6.92 Å². The molecule has 0 unspecified atom stereocenters. The maximum absolute atomic E-state index is 13.4. The summed E-state index contributed by atoms with van der Waals surface area (Å²) in [6, 6.07) is 2.14. The van der Waals surface area contributed by atoms with Gasteiger partial charge in [-0.2, -0.15) is 0 Å². The average Bonchev–Trinajstić information content (AvgIpc) is 2.53. The molecule has 0 aliphatic carbocycles. The molecule has 2 amide bonds. The second-order valence-corrected chi connectivity index (χ2v) is 5.73. The summed E-state index contributed by atoms with van der Waals surface area (Å²) in [5.74, 6) is -3.30. The fourth-order valence-electron chi connectivity index (χ4n) is 1.59. The van der Waals surface area contributed by atoms with Crippen LogP contribution in [0.1, 0.15) is 13.8 Å². The molecule has 132 valence electrons. The number of ether oxygens (including phenoxy) is 1. The Morgan fingerprint density at radius 2 is 2.00 bits per heavy atom. The van der Waals surface area contributed by atoms with Gasteiger partial charge in [0.05, 0.1) is 5.75 Å². The van der Waals surface area contributed by atoms with Gasteiger partial charge in [0, 0.05) is 11.4 Å². The van der Waals surface area contributed by atoms with E-state index in [-0.39, 0.29) is 16.6 Å². The molecule has 2 N–H and O–H groups in total. The Hall–Kier alpha value is -2.16. The number of halogens is 2. The molecule has 1 atom stereocenters. The molecule has 0 aliphatic heterocycles. The summed E-state index contributed by atoms with van der Waals surface area (Å²) in [6.45, 7) is 3.11. The smallest absolute Gasteiger partial charge is 0.316 e. The van der Waals surface area contributed by atoms with E-state index in [9.17, 15) is 23.2 Å². The Bertz CT molecular complexity index is 613. The number of amides is 2. The van der Waals surface area contributed by atoms with Gasteiger partial charge in [-0.1, -0.05) is 0 Å². The quantitative estimate of drug-likeness (QED) is 0.538. The number of hydrogen-bond acceptors (Lipinski definition) is 5. The van der Waals surface area contributed by atoms with E-state index in [1.807, 2.05) is 0 Å². The minimum atomic E-state index is -0.760. The van der Waals surface area contributed by atoms with Crippen LogP contribution >= 0.6 is 11.8 Å². The summed E-state index contributed by atoms with van der Waals surface area (Å²) in [5.41, 5.74) is 0. The summed E-state index contributed by atoms with van der Waals surface area (Å²) >= 11 is 0.761. The molecule has 1 rings (SSSR count). The topological polar surface area (TPSA) is 84.5 Å². The van der Waals surface area contributed by atoms with E-state index < -0.39 is 36.2 Å². The Morgan fingerprint density at radius 3 is 2.67 bits per heavy atom. The molecule has 0 saturated carbocycles. The fraction of sp³-hybridized carbons (Fsp3) is 0.400. The van der Waals surface area contributed by atoms with Crippen molar-refractivity contribution < 1.29 is 27.9 Å². The largest absolute Gasteiger partial charge is 0.455 e. The second kappa shape index (κ2) is 9.86. The van der Waals surface area contributed by atoms with E-state index >= 15 is 0 Å². The van der Waals surface area contributed by atoms with Crippen LogP contribution in [0.2, 0.25) is 0 Å². The van der Waals surface area contributed by atoms with Crippen molar-refractivity contribution in [1.29, 1.82) is 0 Å². The third kappa shape index (κ3) is 6.95. The Morgan fingerprint density at radius 1 is 1.29 bits per heavy atom. The van der Waals surface area contributed by atoms with E-state index in [2.05, 4.69) is 10.6 Å². The van der Waals surface area contributed by atoms with Gasteiger partial charge in [0.1, 0.15) is 17.7 Å². The summed E-state index contributed by atoms with van der Waals surface area (Å²) in [7, 11) is 0. The van der Waals surface area contributed by atoms with Crippen LogP contribution in [0.3, 0.4) is 0 Å². The first kappa shape index (κ1) is 19.9. The molecule has 0 saturated heterocycles. The van der Waals surface area contributed by atoms with E-state index in [0.29, 0.717) is 6.54 Å². The number of likely N-dealkylation sites (N-methyl/N-ethyl adjacent to an activating group) is 1. The summed E-state index contributed by atoms with van der Waals surface area (Å²) in [4.78, 5) is 34.5. The van der Waals surface area contributed by atoms with Gasteiger partial charge >= 0.3 is 5.97 Å². The zero-order valence-corrected chi connectivity index (χ0v) is 14.0. The lowest BCUT2D eigenvalue weighted by Crippen LogP contribution is -2.46. The molecule has 0 heterocycles. The van der Waals surface area contributed by atoms with Crippen molar-refractivity contribution in [2.24, 2.45) is 0 Å². The van der Waals surface area contributed by atoms with Gasteiger partial charge in [-0.05, 0) is 32.0 Å². The lowest BCUT2D eigenvalue weighted by Gasteiger charge is -2.13. The molecule has 6 nitrogen and oxygen atoms in total. The lowest BCUT2D eigenvalue weighted by molar-refractivity contribution is -0.146. The highest BCUT2D eigenvalue weighted by atomic mass is 32.2. The number of rotatable bonds is 8. The van der Waals surface area contributed by atoms with E-state index in [4.69, 9.17) is 4.74 Å². The minimum absolute atomic E-state index is 0.0266. The number of carbonyl (C=O) groups is 3. The maximum atomic E-state index is 13.4. The summed E-state index contributed by atoms with van der Waals surface area (Å²) in [6.07, 6.45) is 0. The molecular weight excluding hydrogens is 342 g/mol. The molecule has 1 aromatic rings. The number of benzene rings is 1. The number of hydrogen-bond donors (Lipinski definition) is 2. The monoisotopic (exact) mass is 360 g/mol. The van der Waals surface area contributed by atoms with Gasteiger partial charge in [0.15, 0.2) is 6.61 Å². The molecule has 0 aliphatic rings. The van der Waals surface area contributed by atoms with Crippen LogP contribution in [0.5, 0.6) is 0 Å². The number of carbonyl (C=O) groups excluding carboxylic acids is 3. The van der Waals surface area contributed by atoms with Gasteiger partial charge in [-0.3, -0.25) is 14.4 Å². The molecule has 0 fully saturated rings. The molecule has 0 bridgehead atoms. The van der Waals surface area contributed by atoms with Crippen molar-refractivity contribution >= 4 is 29.5 Å². The molecule has 1 aromatic carbocycles. The van der Waals surface area contributed by atoms with Crippen molar-refractivity contribution in [1.82, 2.24) is 10.6 Å². The van der Waals surface area contributed by atoms with Crippen LogP contribution in [-0.2, 0) is 19.1 Å². The molecule has 0 radical (unpaired) electrons. The highest BCUT2D eigenvalue weighted by Crippen LogP contribution is 2.22. The first-order valence-electron chi connectivity index (χ1n) is 7.14. The number of thioether (sulfide) groups is 1. The molecule has 0 aromatic heterocycles. The number of esters is 1. The third-order valence-corrected chi connectivity index (χ3v) is 3.73. The molecule has 9 heteroatoms. The lowest BCUT2D eigenvalue weighted by atomic mass is 10.3. The number of nitrogens with one attached hydrogen (secondary N) is 2. The highest BCUT2D eigenvalue weighted by Gasteiger charge is 2.16. The van der Waals surface area contributed by atoms with Crippen molar-refractivity contribution in [3.8, 4) is 0 Å². The van der Waals surface area contributed by atoms with Crippen LogP contribution < -0.4 is 10.6 Å². The summed E-state index contributed by atoms with van der Waals surface area (Å²) < 4.78 is 31.1. The highest BCUT2D eigenvalue weighted by molar-refractivity contribution is 8.00. The maximum Gasteiger partial charge on any atom is 0.316 e. The SMILES string of the molecule is CCNC(=O)[C@@H](C)NC(=O)COC(=O)CSc1cc(F)ccc1F. The van der Waals surface area contributed by atoms with Gasteiger partial charge < -0.3 is 15.4 Å². The molecular formula is C15H18F2N2O4S. The average molecular weight is 360 g/mol. The van der Waals surface area contributed by atoms with Gasteiger partial charge in [0.2, 0.25) is 5.91 Å². The zero-order valence-electron chi connectivity index (χ0n) is 13.2. The van der Waals surface area contributed by atoms with Gasteiger partial charge in [-0.15, -0.1) is 11.8 Å². The fourth-order valence-corrected chi connectivity index (χ4v) is 2.35. The normalized spacial score (nSPS) is 11.5. The van der Waals surface area contributed by atoms with Crippen molar-refractivity contribution in [2.45, 2.75) is 24.8 Å².